The standard InChI is InChI=1S/2C24H21F2N5O2.2C24H24N6O/c2*1-12-24(32)30(2)11-18-19(29-22(31(12)18)13-6-7-13)14-4-3-5-17-15(14)10-16(21(25)26)20(28-17)23-27-8-9-33-23;2*1-14-9-10-29(27-14)21-11-17-5-4-6-18(19(17)12-25-21)22-20-13-28(3)24(31)15(2)30(20)23(26-22)16-7-8-16/h2*3-5,8-10,12-13,21H,6-7,11H2,1-2H3;2*4-6,9-12,15-16H,7-8,13H2,1-3H3/t2*12-;2*15-/m1010/s1. The van der Waals surface area contributed by atoms with Gasteiger partial charge in [0, 0.05) is 132 Å². The molecular formula is C96H90F4N22O6. The number of amides is 4. The third-order valence-corrected chi connectivity index (χ3v) is 25.9. The Hall–Kier alpha value is -14.2. The smallest absolute Gasteiger partial charge is 0.266 e. The second-order valence-electron chi connectivity index (χ2n) is 34.9. The number of benzene rings is 4. The van der Waals surface area contributed by atoms with Gasteiger partial charge in [-0.3, -0.25) is 19.2 Å². The molecule has 4 amide bonds. The number of imidazole rings is 4. The maximum atomic E-state index is 14.0. The highest BCUT2D eigenvalue weighted by atomic mass is 19.3. The fourth-order valence-electron chi connectivity index (χ4n) is 18.8. The summed E-state index contributed by atoms with van der Waals surface area (Å²) in [5.41, 5.74) is 13.7. The van der Waals surface area contributed by atoms with E-state index in [1.165, 1.54) is 37.1 Å². The molecular weight excluding hydrogens is 1630 g/mol. The van der Waals surface area contributed by atoms with Gasteiger partial charge in [0.1, 0.15) is 71.4 Å². The lowest BCUT2D eigenvalue weighted by molar-refractivity contribution is -0.136. The van der Waals surface area contributed by atoms with Crippen molar-refractivity contribution in [2.24, 2.45) is 0 Å². The largest absolute Gasteiger partial charge is 0.443 e. The van der Waals surface area contributed by atoms with Gasteiger partial charge in [-0.1, -0.05) is 60.7 Å². The van der Waals surface area contributed by atoms with Crippen LogP contribution in [-0.2, 0) is 45.4 Å². The molecule has 0 bridgehead atoms. The minimum atomic E-state index is -2.75. The summed E-state index contributed by atoms with van der Waals surface area (Å²) < 4.78 is 78.8. The molecule has 4 aliphatic heterocycles. The van der Waals surface area contributed by atoms with E-state index in [4.69, 9.17) is 28.8 Å². The van der Waals surface area contributed by atoms with Crippen molar-refractivity contribution in [3.05, 3.63) is 227 Å². The molecule has 128 heavy (non-hydrogen) atoms. The molecule has 4 atom stereocenters. The SMILES string of the molecule is C[C@@H]1C(=O)N(C)Cc2c(-c3cccc4nc(-c5ncco5)c(C(F)F)cc34)nc(C3CC3)n21.C[C@H]1C(=O)N(C)Cc2c(-c3cccc4nc(-c5ncco5)c(C(F)F)cc34)nc(C3CC3)n21.Cc1ccn(-c2cc3cccc(-c4nc(C5CC5)n5c4CN(C)C(=O)[C@@H]5C)c3cn2)n1.Cc1ccn(-c2cc3cccc(-c4nc(C5CC5)n5c4CN(C)C(=O)[C@H]5C)c3cn2)n1. The lowest BCUT2D eigenvalue weighted by Crippen LogP contribution is -2.39. The number of fused-ring (bicyclic) bond motifs is 8. The number of likely N-dealkylation sites (N-methyl/N-ethyl adjacent to an activating group) is 4. The first-order valence-corrected chi connectivity index (χ1v) is 43.4. The average Bonchev–Trinajstić information content (AvgIpc) is 1.49. The third-order valence-electron chi connectivity index (χ3n) is 25.9. The Morgan fingerprint density at radius 2 is 0.672 bits per heavy atom. The Morgan fingerprint density at radius 1 is 0.367 bits per heavy atom. The molecule has 0 spiro atoms. The number of halogens is 4. The van der Waals surface area contributed by atoms with Gasteiger partial charge in [0.2, 0.25) is 35.4 Å². The van der Waals surface area contributed by atoms with Crippen LogP contribution in [-0.4, -0.2) is 159 Å². The monoisotopic (exact) mass is 1720 g/mol. The highest BCUT2D eigenvalue weighted by molar-refractivity contribution is 6.01. The van der Waals surface area contributed by atoms with Crippen molar-refractivity contribution >= 4 is 67.0 Å². The Labute approximate surface area is 731 Å². The van der Waals surface area contributed by atoms with Crippen LogP contribution < -0.4 is 0 Å². The van der Waals surface area contributed by atoms with Gasteiger partial charge in [0.25, 0.3) is 12.9 Å². The van der Waals surface area contributed by atoms with E-state index >= 15 is 0 Å². The molecule has 16 heterocycles. The van der Waals surface area contributed by atoms with E-state index in [2.05, 4.69) is 107 Å². The van der Waals surface area contributed by atoms with Gasteiger partial charge in [-0.2, -0.15) is 10.2 Å². The number of hydrogen-bond donors (Lipinski definition) is 0. The maximum Gasteiger partial charge on any atom is 0.266 e. The number of carbonyl (C=O) groups excluding carboxylic acids is 4. The highest BCUT2D eigenvalue weighted by Crippen LogP contribution is 2.51. The van der Waals surface area contributed by atoms with E-state index in [-0.39, 0.29) is 82.1 Å². The molecule has 28 nitrogen and oxygen atoms in total. The van der Waals surface area contributed by atoms with Crippen molar-refractivity contribution in [3.63, 3.8) is 0 Å². The van der Waals surface area contributed by atoms with Crippen molar-refractivity contribution in [1.29, 1.82) is 0 Å². The lowest BCUT2D eigenvalue weighted by Gasteiger charge is -2.31. The first-order chi connectivity index (χ1) is 61.9. The zero-order chi connectivity index (χ0) is 88.3. The molecule has 0 saturated heterocycles. The van der Waals surface area contributed by atoms with Gasteiger partial charge < -0.3 is 46.7 Å². The summed E-state index contributed by atoms with van der Waals surface area (Å²) >= 11 is 0. The zero-order valence-electron chi connectivity index (χ0n) is 72.1. The van der Waals surface area contributed by atoms with Gasteiger partial charge in [0.05, 0.1) is 107 Å². The summed E-state index contributed by atoms with van der Waals surface area (Å²) in [4.78, 5) is 104. The minimum Gasteiger partial charge on any atom is -0.443 e. The molecule has 4 saturated carbocycles. The van der Waals surface area contributed by atoms with Gasteiger partial charge >= 0.3 is 0 Å². The van der Waals surface area contributed by atoms with Gasteiger partial charge in [-0.05, 0) is 152 Å². The van der Waals surface area contributed by atoms with E-state index in [9.17, 15) is 36.7 Å². The van der Waals surface area contributed by atoms with E-state index in [1.807, 2.05) is 127 Å². The molecule has 0 unspecified atom stereocenters. The Balaban J connectivity index is 0.000000104. The quantitative estimate of drug-likeness (QED) is 0.0914. The van der Waals surface area contributed by atoms with E-state index in [0.29, 0.717) is 71.7 Å². The van der Waals surface area contributed by atoms with Crippen molar-refractivity contribution in [3.8, 4) is 79.8 Å². The summed E-state index contributed by atoms with van der Waals surface area (Å²) in [6.45, 7) is 13.7. The van der Waals surface area contributed by atoms with Crippen LogP contribution in [0.5, 0.6) is 0 Å². The summed E-state index contributed by atoms with van der Waals surface area (Å²) in [5, 5.41) is 14.4. The second kappa shape index (κ2) is 31.4. The fourth-order valence-corrected chi connectivity index (χ4v) is 18.8. The van der Waals surface area contributed by atoms with Gasteiger partial charge in [-0.15, -0.1) is 0 Å². The third kappa shape index (κ3) is 14.1. The first-order valence-electron chi connectivity index (χ1n) is 43.4. The van der Waals surface area contributed by atoms with Crippen LogP contribution in [0.4, 0.5) is 17.6 Å². The molecule has 4 aliphatic carbocycles. The topological polar surface area (TPSA) is 292 Å². The van der Waals surface area contributed by atoms with E-state index in [1.54, 1.807) is 45.4 Å². The number of pyridine rings is 4. The van der Waals surface area contributed by atoms with Crippen LogP contribution in [0.25, 0.3) is 123 Å². The summed E-state index contributed by atoms with van der Waals surface area (Å²) in [5.74, 6) is 7.63. The van der Waals surface area contributed by atoms with Crippen molar-refractivity contribution in [2.75, 3.05) is 28.2 Å². The predicted molar refractivity (Wildman–Crippen MR) is 469 cm³/mol. The number of rotatable bonds is 14. The predicted octanol–water partition coefficient (Wildman–Crippen LogP) is 18.2. The second-order valence-corrected chi connectivity index (χ2v) is 34.9. The van der Waals surface area contributed by atoms with Crippen LogP contribution in [0.15, 0.2) is 168 Å². The molecule has 4 aromatic carbocycles. The number of nitrogens with zero attached hydrogens (tertiary/aromatic N) is 22. The molecule has 32 heteroatoms. The average molecular weight is 1720 g/mol. The Kier molecular flexibility index (Phi) is 19.9. The molecule has 8 aliphatic rings. The molecule has 16 aromatic rings. The molecule has 648 valence electrons. The number of alkyl halides is 4. The van der Waals surface area contributed by atoms with Crippen molar-refractivity contribution in [2.45, 2.75) is 180 Å². The summed E-state index contributed by atoms with van der Waals surface area (Å²) in [6.07, 6.45) is 16.4. The van der Waals surface area contributed by atoms with Crippen molar-refractivity contribution < 1.29 is 45.6 Å². The van der Waals surface area contributed by atoms with Crippen molar-refractivity contribution in [1.82, 2.24) is 107 Å². The number of aryl methyl sites for hydroxylation is 2. The highest BCUT2D eigenvalue weighted by Gasteiger charge is 2.44. The number of hydrogen-bond acceptors (Lipinski definition) is 18. The Morgan fingerprint density at radius 3 is 0.945 bits per heavy atom. The minimum absolute atomic E-state index is 0.0316. The zero-order valence-corrected chi connectivity index (χ0v) is 72.1. The van der Waals surface area contributed by atoms with Crippen LogP contribution in [0.3, 0.4) is 0 Å². The molecule has 0 radical (unpaired) electrons. The van der Waals surface area contributed by atoms with Crippen LogP contribution in [0, 0.1) is 13.8 Å². The first kappa shape index (κ1) is 80.9. The normalized spacial score (nSPS) is 18.5. The van der Waals surface area contributed by atoms with Crippen LogP contribution >= 0.6 is 0 Å². The molecule has 24 rings (SSSR count). The number of carbonyl (C=O) groups is 4. The van der Waals surface area contributed by atoms with E-state index < -0.39 is 12.9 Å². The van der Waals surface area contributed by atoms with Crippen LogP contribution in [0.1, 0.15) is 208 Å². The fraction of sp³-hybridized carbons (Fsp3) is 0.333. The maximum absolute atomic E-state index is 14.0. The van der Waals surface area contributed by atoms with Crippen LogP contribution in [0.2, 0.25) is 0 Å². The molecule has 4 fully saturated rings. The summed E-state index contributed by atoms with van der Waals surface area (Å²) in [6, 6.07) is 33.4. The Bertz CT molecular complexity index is 6740. The number of aromatic nitrogens is 18. The van der Waals surface area contributed by atoms with Gasteiger partial charge in [0.15, 0.2) is 11.6 Å². The lowest BCUT2D eigenvalue weighted by atomic mass is 10.00. The molecule has 12 aromatic heterocycles. The summed E-state index contributed by atoms with van der Waals surface area (Å²) in [7, 11) is 7.30. The van der Waals surface area contributed by atoms with E-state index in [0.717, 1.165) is 187 Å². The number of oxazole rings is 2. The molecule has 0 N–H and O–H groups in total. The van der Waals surface area contributed by atoms with Gasteiger partial charge in [-0.25, -0.2) is 76.8 Å².